The number of amides is 2. The second-order valence-corrected chi connectivity index (χ2v) is 6.73. The van der Waals surface area contributed by atoms with Crippen LogP contribution in [0.2, 0.25) is 0 Å². The SMILES string of the molecule is COc1cc(C=CC(=O)Nc2ccccc2C(=O)N2CCOCC2)cc(OC)c1OC. The number of ether oxygens (including phenoxy) is 4. The smallest absolute Gasteiger partial charge is 0.256 e. The molecule has 0 atom stereocenters. The van der Waals surface area contributed by atoms with E-state index in [0.29, 0.717) is 60.4 Å². The van der Waals surface area contributed by atoms with Crippen molar-refractivity contribution in [1.29, 1.82) is 0 Å². The summed E-state index contributed by atoms with van der Waals surface area (Å²) in [7, 11) is 4.58. The second-order valence-electron chi connectivity index (χ2n) is 6.73. The number of methoxy groups -OCH3 is 3. The van der Waals surface area contributed by atoms with Gasteiger partial charge in [0.25, 0.3) is 5.91 Å². The molecule has 0 bridgehead atoms. The molecule has 2 aromatic rings. The van der Waals surface area contributed by atoms with Crippen molar-refractivity contribution in [1.82, 2.24) is 4.90 Å². The summed E-state index contributed by atoms with van der Waals surface area (Å²) in [6, 6.07) is 10.4. The van der Waals surface area contributed by atoms with E-state index in [-0.39, 0.29) is 11.8 Å². The van der Waals surface area contributed by atoms with Crippen molar-refractivity contribution in [2.45, 2.75) is 0 Å². The Morgan fingerprint density at radius 2 is 1.65 bits per heavy atom. The minimum absolute atomic E-state index is 0.132. The number of nitrogens with zero attached hydrogens (tertiary/aromatic N) is 1. The molecule has 1 aliphatic heterocycles. The predicted octanol–water partition coefficient (Wildman–Crippen LogP) is 2.84. The third kappa shape index (κ3) is 5.35. The van der Waals surface area contributed by atoms with Crippen LogP contribution < -0.4 is 19.5 Å². The average Bonchev–Trinajstić information content (AvgIpc) is 2.82. The van der Waals surface area contributed by atoms with Crippen molar-refractivity contribution in [2.24, 2.45) is 0 Å². The monoisotopic (exact) mass is 426 g/mol. The summed E-state index contributed by atoms with van der Waals surface area (Å²) in [5.74, 6) is 0.956. The standard InChI is InChI=1S/C23H26N2O6/c1-28-19-14-16(15-20(29-2)22(19)30-3)8-9-21(26)24-18-7-5-4-6-17(18)23(27)25-10-12-31-13-11-25/h4-9,14-15H,10-13H2,1-3H3,(H,24,26). The number of hydrogen-bond acceptors (Lipinski definition) is 6. The summed E-state index contributed by atoms with van der Waals surface area (Å²) < 4.78 is 21.3. The maximum atomic E-state index is 12.8. The third-order valence-corrected chi connectivity index (χ3v) is 4.83. The molecule has 0 radical (unpaired) electrons. The van der Waals surface area contributed by atoms with Crippen LogP contribution in [0.4, 0.5) is 5.69 Å². The van der Waals surface area contributed by atoms with Gasteiger partial charge in [0.15, 0.2) is 11.5 Å². The summed E-state index contributed by atoms with van der Waals surface area (Å²) in [4.78, 5) is 27.1. The number of anilines is 1. The quantitative estimate of drug-likeness (QED) is 0.686. The van der Waals surface area contributed by atoms with Gasteiger partial charge in [-0.1, -0.05) is 12.1 Å². The molecular formula is C23H26N2O6. The van der Waals surface area contributed by atoms with Gasteiger partial charge in [0.1, 0.15) is 0 Å². The maximum absolute atomic E-state index is 12.8. The van der Waals surface area contributed by atoms with E-state index in [1.807, 2.05) is 0 Å². The summed E-state index contributed by atoms with van der Waals surface area (Å²) in [6.07, 6.45) is 3.02. The highest BCUT2D eigenvalue weighted by Gasteiger charge is 2.21. The molecule has 3 rings (SSSR count). The number of hydrogen-bond donors (Lipinski definition) is 1. The average molecular weight is 426 g/mol. The van der Waals surface area contributed by atoms with Gasteiger partial charge < -0.3 is 29.2 Å². The van der Waals surface area contributed by atoms with Gasteiger partial charge in [0, 0.05) is 19.2 Å². The molecule has 2 aromatic carbocycles. The first kappa shape index (κ1) is 22.2. The lowest BCUT2D eigenvalue weighted by atomic mass is 10.1. The molecule has 1 aliphatic rings. The van der Waals surface area contributed by atoms with Crippen LogP contribution in [0.25, 0.3) is 6.08 Å². The Balaban J connectivity index is 1.76. The van der Waals surface area contributed by atoms with Crippen molar-refractivity contribution >= 4 is 23.6 Å². The molecule has 164 valence electrons. The van der Waals surface area contributed by atoms with Crippen LogP contribution in [0.5, 0.6) is 17.2 Å². The fraction of sp³-hybridized carbons (Fsp3) is 0.304. The minimum atomic E-state index is -0.365. The van der Waals surface area contributed by atoms with Gasteiger partial charge in [-0.05, 0) is 35.9 Å². The van der Waals surface area contributed by atoms with Crippen molar-refractivity contribution in [2.75, 3.05) is 52.9 Å². The first-order chi connectivity index (χ1) is 15.1. The van der Waals surface area contributed by atoms with Crippen LogP contribution in [-0.2, 0) is 9.53 Å². The van der Waals surface area contributed by atoms with Gasteiger partial charge >= 0.3 is 0 Å². The van der Waals surface area contributed by atoms with Crippen molar-refractivity contribution in [3.63, 3.8) is 0 Å². The first-order valence-electron chi connectivity index (χ1n) is 9.82. The van der Waals surface area contributed by atoms with Crippen molar-refractivity contribution < 1.29 is 28.5 Å². The van der Waals surface area contributed by atoms with Crippen LogP contribution in [0, 0.1) is 0 Å². The normalized spacial score (nSPS) is 13.7. The highest BCUT2D eigenvalue weighted by Crippen LogP contribution is 2.38. The molecule has 1 fully saturated rings. The van der Waals surface area contributed by atoms with Crippen LogP contribution >= 0.6 is 0 Å². The van der Waals surface area contributed by atoms with Crippen LogP contribution in [0.3, 0.4) is 0 Å². The van der Waals surface area contributed by atoms with E-state index in [9.17, 15) is 9.59 Å². The first-order valence-corrected chi connectivity index (χ1v) is 9.82. The molecule has 0 aromatic heterocycles. The van der Waals surface area contributed by atoms with Gasteiger partial charge in [-0.15, -0.1) is 0 Å². The lowest BCUT2D eigenvalue weighted by Crippen LogP contribution is -2.41. The molecule has 8 nitrogen and oxygen atoms in total. The van der Waals surface area contributed by atoms with E-state index >= 15 is 0 Å². The Kier molecular flexibility index (Phi) is 7.50. The fourth-order valence-electron chi connectivity index (χ4n) is 3.26. The summed E-state index contributed by atoms with van der Waals surface area (Å²) in [5.41, 5.74) is 1.60. The van der Waals surface area contributed by atoms with E-state index < -0.39 is 0 Å². The van der Waals surface area contributed by atoms with Crippen LogP contribution in [0.15, 0.2) is 42.5 Å². The van der Waals surface area contributed by atoms with Gasteiger partial charge in [-0.3, -0.25) is 9.59 Å². The predicted molar refractivity (Wildman–Crippen MR) is 117 cm³/mol. The Hall–Kier alpha value is -3.52. The number of carbonyl (C=O) groups is 2. The molecule has 0 aliphatic carbocycles. The van der Waals surface area contributed by atoms with E-state index in [0.717, 1.165) is 0 Å². The van der Waals surface area contributed by atoms with Gasteiger partial charge in [-0.25, -0.2) is 0 Å². The summed E-state index contributed by atoms with van der Waals surface area (Å²) in [6.45, 7) is 2.08. The zero-order valence-corrected chi connectivity index (χ0v) is 17.8. The lowest BCUT2D eigenvalue weighted by Gasteiger charge is -2.27. The highest BCUT2D eigenvalue weighted by atomic mass is 16.5. The lowest BCUT2D eigenvalue weighted by molar-refractivity contribution is -0.111. The maximum Gasteiger partial charge on any atom is 0.256 e. The number of benzene rings is 2. The van der Waals surface area contributed by atoms with Crippen LogP contribution in [0.1, 0.15) is 15.9 Å². The zero-order chi connectivity index (χ0) is 22.2. The molecular weight excluding hydrogens is 400 g/mol. The summed E-state index contributed by atoms with van der Waals surface area (Å²) >= 11 is 0. The largest absolute Gasteiger partial charge is 0.493 e. The fourth-order valence-corrected chi connectivity index (χ4v) is 3.26. The Morgan fingerprint density at radius 1 is 1.00 bits per heavy atom. The number of para-hydroxylation sites is 1. The van der Waals surface area contributed by atoms with E-state index in [1.165, 1.54) is 27.4 Å². The summed E-state index contributed by atoms with van der Waals surface area (Å²) in [5, 5.41) is 2.79. The van der Waals surface area contributed by atoms with E-state index in [2.05, 4.69) is 5.32 Å². The Bertz CT molecular complexity index is 941. The van der Waals surface area contributed by atoms with Crippen LogP contribution in [-0.4, -0.2) is 64.3 Å². The van der Waals surface area contributed by atoms with Gasteiger partial charge in [-0.2, -0.15) is 0 Å². The van der Waals surface area contributed by atoms with E-state index in [4.69, 9.17) is 18.9 Å². The molecule has 31 heavy (non-hydrogen) atoms. The Morgan fingerprint density at radius 3 is 2.26 bits per heavy atom. The minimum Gasteiger partial charge on any atom is -0.493 e. The molecule has 1 N–H and O–H groups in total. The number of morpholine rings is 1. The Labute approximate surface area is 181 Å². The van der Waals surface area contributed by atoms with Crippen molar-refractivity contribution in [3.05, 3.63) is 53.6 Å². The number of nitrogens with one attached hydrogen (secondary N) is 1. The zero-order valence-electron chi connectivity index (χ0n) is 17.8. The van der Waals surface area contributed by atoms with Gasteiger partial charge in [0.2, 0.25) is 11.7 Å². The molecule has 0 spiro atoms. The molecule has 0 unspecified atom stereocenters. The second kappa shape index (κ2) is 10.5. The third-order valence-electron chi connectivity index (χ3n) is 4.83. The molecule has 1 heterocycles. The van der Waals surface area contributed by atoms with Crippen molar-refractivity contribution in [3.8, 4) is 17.2 Å². The van der Waals surface area contributed by atoms with E-state index in [1.54, 1.807) is 47.4 Å². The molecule has 1 saturated heterocycles. The molecule has 0 saturated carbocycles. The molecule has 2 amide bonds. The number of rotatable bonds is 7. The van der Waals surface area contributed by atoms with Gasteiger partial charge in [0.05, 0.1) is 45.8 Å². The topological polar surface area (TPSA) is 86.3 Å². The highest BCUT2D eigenvalue weighted by molar-refractivity contribution is 6.07. The molecule has 8 heteroatoms. The number of carbonyl (C=O) groups excluding carboxylic acids is 2.